The van der Waals surface area contributed by atoms with Crippen molar-refractivity contribution in [3.63, 3.8) is 0 Å². The molecular weight excluding hydrogens is 260 g/mol. The van der Waals surface area contributed by atoms with Gasteiger partial charge in [-0.25, -0.2) is 0 Å². The van der Waals surface area contributed by atoms with E-state index in [9.17, 15) is 4.79 Å². The number of anilines is 1. The van der Waals surface area contributed by atoms with Crippen molar-refractivity contribution in [2.24, 2.45) is 0 Å². The van der Waals surface area contributed by atoms with Gasteiger partial charge in [0.1, 0.15) is 0 Å². The molecule has 0 aliphatic heterocycles. The van der Waals surface area contributed by atoms with Gasteiger partial charge in [0, 0.05) is 24.3 Å². The number of ketones is 1. The molecule has 3 nitrogen and oxygen atoms in total. The number of carbonyl (C=O) groups is 1. The Morgan fingerprint density at radius 3 is 2.29 bits per heavy atom. The summed E-state index contributed by atoms with van der Waals surface area (Å²) >= 11 is 0. The Morgan fingerprint density at radius 2 is 1.71 bits per heavy atom. The van der Waals surface area contributed by atoms with Crippen LogP contribution in [-0.4, -0.2) is 25.9 Å². The minimum atomic E-state index is 0.121. The predicted molar refractivity (Wildman–Crippen MR) is 87.9 cm³/mol. The number of hydrogen-bond donors (Lipinski definition) is 1. The Bertz CT molecular complexity index is 564. The molecule has 0 saturated carbocycles. The molecule has 110 valence electrons. The quantitative estimate of drug-likeness (QED) is 0.792. The van der Waals surface area contributed by atoms with Crippen molar-refractivity contribution < 1.29 is 4.79 Å². The topological polar surface area (TPSA) is 32.3 Å². The Hall–Kier alpha value is -2.13. The van der Waals surface area contributed by atoms with Crippen LogP contribution in [0.4, 0.5) is 5.69 Å². The lowest BCUT2D eigenvalue weighted by molar-refractivity contribution is 0.0993. The molecule has 0 aromatic heterocycles. The van der Waals surface area contributed by atoms with Crippen LogP contribution in [0.25, 0.3) is 0 Å². The second-order valence-electron chi connectivity index (χ2n) is 5.00. The third kappa shape index (κ3) is 4.17. The molecule has 3 heteroatoms. The van der Waals surface area contributed by atoms with Gasteiger partial charge in [-0.15, -0.1) is 0 Å². The van der Waals surface area contributed by atoms with E-state index in [1.807, 2.05) is 30.3 Å². The van der Waals surface area contributed by atoms with Crippen LogP contribution in [0, 0.1) is 0 Å². The molecule has 0 unspecified atom stereocenters. The van der Waals surface area contributed by atoms with Gasteiger partial charge in [0.25, 0.3) is 0 Å². The predicted octanol–water partition coefficient (Wildman–Crippen LogP) is 3.12. The number of benzene rings is 2. The maximum Gasteiger partial charge on any atom is 0.176 e. The van der Waals surface area contributed by atoms with Gasteiger partial charge in [-0.2, -0.15) is 0 Å². The summed E-state index contributed by atoms with van der Waals surface area (Å²) in [6, 6.07) is 18.3. The first-order valence-corrected chi connectivity index (χ1v) is 7.31. The minimum absolute atomic E-state index is 0.121. The molecule has 0 saturated heterocycles. The summed E-state index contributed by atoms with van der Waals surface area (Å²) in [6.07, 6.45) is 0. The van der Waals surface area contributed by atoms with Crippen LogP contribution in [0.5, 0.6) is 0 Å². The lowest BCUT2D eigenvalue weighted by Gasteiger charge is -2.23. The standard InChI is InChI=1S/C18H22N2O/c1-3-20(14-15-7-5-4-6-8-15)17-11-9-16(10-12-17)18(21)13-19-2/h4-12,19H,3,13-14H2,1-2H3. The van der Waals surface area contributed by atoms with Crippen molar-refractivity contribution in [2.45, 2.75) is 13.5 Å². The maximum atomic E-state index is 11.8. The fourth-order valence-corrected chi connectivity index (χ4v) is 2.31. The third-order valence-electron chi connectivity index (χ3n) is 3.49. The van der Waals surface area contributed by atoms with Crippen molar-refractivity contribution in [1.29, 1.82) is 0 Å². The fraction of sp³-hybridized carbons (Fsp3) is 0.278. The lowest BCUT2D eigenvalue weighted by atomic mass is 10.1. The van der Waals surface area contributed by atoms with Gasteiger partial charge in [0.15, 0.2) is 5.78 Å². The summed E-state index contributed by atoms with van der Waals surface area (Å²) in [5.41, 5.74) is 3.18. The molecule has 2 aromatic rings. The molecule has 0 bridgehead atoms. The SMILES string of the molecule is CCN(Cc1ccccc1)c1ccc(C(=O)CNC)cc1. The zero-order chi connectivity index (χ0) is 15.1. The van der Waals surface area contributed by atoms with Gasteiger partial charge in [-0.3, -0.25) is 4.79 Å². The number of rotatable bonds is 7. The summed E-state index contributed by atoms with van der Waals surface area (Å²) in [5, 5.41) is 2.89. The molecular formula is C18H22N2O. The number of likely N-dealkylation sites (N-methyl/N-ethyl adjacent to an activating group) is 1. The van der Waals surface area contributed by atoms with Crippen molar-refractivity contribution in [3.05, 3.63) is 65.7 Å². The summed E-state index contributed by atoms with van der Waals surface area (Å²) in [7, 11) is 1.78. The Balaban J connectivity index is 2.10. The van der Waals surface area contributed by atoms with E-state index in [2.05, 4.69) is 41.4 Å². The highest BCUT2D eigenvalue weighted by atomic mass is 16.1. The molecule has 0 radical (unpaired) electrons. The average molecular weight is 282 g/mol. The molecule has 0 spiro atoms. The van der Waals surface area contributed by atoms with Crippen LogP contribution >= 0.6 is 0 Å². The number of carbonyl (C=O) groups excluding carboxylic acids is 1. The second kappa shape index (κ2) is 7.60. The summed E-state index contributed by atoms with van der Waals surface area (Å²) in [6.45, 7) is 4.32. The van der Waals surface area contributed by atoms with Gasteiger partial charge in [0.2, 0.25) is 0 Å². The maximum absolute atomic E-state index is 11.8. The summed E-state index contributed by atoms with van der Waals surface area (Å²) in [5.74, 6) is 0.121. The number of nitrogens with one attached hydrogen (secondary N) is 1. The molecule has 2 rings (SSSR count). The van der Waals surface area contributed by atoms with Crippen LogP contribution < -0.4 is 10.2 Å². The van der Waals surface area contributed by atoms with E-state index in [1.54, 1.807) is 7.05 Å². The van der Waals surface area contributed by atoms with Crippen LogP contribution in [0.1, 0.15) is 22.8 Å². The van der Waals surface area contributed by atoms with Crippen LogP contribution in [0.3, 0.4) is 0 Å². The normalized spacial score (nSPS) is 10.4. The Labute approximate surface area is 126 Å². The smallest absolute Gasteiger partial charge is 0.176 e. The first-order valence-electron chi connectivity index (χ1n) is 7.31. The van der Waals surface area contributed by atoms with Crippen LogP contribution in [0.15, 0.2) is 54.6 Å². The van der Waals surface area contributed by atoms with E-state index in [1.165, 1.54) is 5.56 Å². The molecule has 0 heterocycles. The van der Waals surface area contributed by atoms with Crippen LogP contribution in [0.2, 0.25) is 0 Å². The number of nitrogens with zero attached hydrogens (tertiary/aromatic N) is 1. The van der Waals surface area contributed by atoms with Crippen molar-refractivity contribution >= 4 is 11.5 Å². The molecule has 1 N–H and O–H groups in total. The zero-order valence-electron chi connectivity index (χ0n) is 12.7. The van der Waals surface area contributed by atoms with E-state index in [4.69, 9.17) is 0 Å². The number of hydrogen-bond acceptors (Lipinski definition) is 3. The third-order valence-corrected chi connectivity index (χ3v) is 3.49. The Kier molecular flexibility index (Phi) is 5.52. The van der Waals surface area contributed by atoms with E-state index < -0.39 is 0 Å². The minimum Gasteiger partial charge on any atom is -0.367 e. The first kappa shape index (κ1) is 15.3. The molecule has 2 aromatic carbocycles. The van der Waals surface area contributed by atoms with Crippen molar-refractivity contribution in [2.75, 3.05) is 25.0 Å². The lowest BCUT2D eigenvalue weighted by Crippen LogP contribution is -2.22. The fourth-order valence-electron chi connectivity index (χ4n) is 2.31. The monoisotopic (exact) mass is 282 g/mol. The van der Waals surface area contributed by atoms with E-state index in [0.29, 0.717) is 6.54 Å². The van der Waals surface area contributed by atoms with E-state index in [0.717, 1.165) is 24.3 Å². The van der Waals surface area contributed by atoms with Crippen molar-refractivity contribution in [3.8, 4) is 0 Å². The van der Waals surface area contributed by atoms with Crippen LogP contribution in [-0.2, 0) is 6.54 Å². The van der Waals surface area contributed by atoms with Gasteiger partial charge < -0.3 is 10.2 Å². The summed E-state index contributed by atoms with van der Waals surface area (Å²) < 4.78 is 0. The van der Waals surface area contributed by atoms with Gasteiger partial charge in [-0.05, 0) is 43.8 Å². The summed E-state index contributed by atoms with van der Waals surface area (Å²) in [4.78, 5) is 14.1. The molecule has 0 amide bonds. The molecule has 0 fully saturated rings. The number of Topliss-reactive ketones (excluding diaryl/α,β-unsaturated/α-hetero) is 1. The second-order valence-corrected chi connectivity index (χ2v) is 5.00. The highest BCUT2D eigenvalue weighted by molar-refractivity contribution is 5.97. The highest BCUT2D eigenvalue weighted by Crippen LogP contribution is 2.18. The molecule has 0 aliphatic rings. The molecule has 0 aliphatic carbocycles. The van der Waals surface area contributed by atoms with Crippen molar-refractivity contribution in [1.82, 2.24) is 5.32 Å². The Morgan fingerprint density at radius 1 is 1.05 bits per heavy atom. The largest absolute Gasteiger partial charge is 0.367 e. The highest BCUT2D eigenvalue weighted by Gasteiger charge is 2.08. The molecule has 0 atom stereocenters. The van der Waals surface area contributed by atoms with E-state index >= 15 is 0 Å². The first-order chi connectivity index (χ1) is 10.2. The zero-order valence-corrected chi connectivity index (χ0v) is 12.7. The van der Waals surface area contributed by atoms with Gasteiger partial charge in [-0.1, -0.05) is 30.3 Å². The van der Waals surface area contributed by atoms with Gasteiger partial charge >= 0.3 is 0 Å². The molecule has 21 heavy (non-hydrogen) atoms. The average Bonchev–Trinajstić information content (AvgIpc) is 2.54. The van der Waals surface area contributed by atoms with Gasteiger partial charge in [0.05, 0.1) is 6.54 Å². The van der Waals surface area contributed by atoms with E-state index in [-0.39, 0.29) is 5.78 Å².